The van der Waals surface area contributed by atoms with Gasteiger partial charge in [-0.3, -0.25) is 10.1 Å². The van der Waals surface area contributed by atoms with E-state index in [9.17, 15) is 18.9 Å². The van der Waals surface area contributed by atoms with Crippen LogP contribution in [0.25, 0.3) is 5.70 Å². The number of allylic oxidation sites excluding steroid dienone is 1. The van der Waals surface area contributed by atoms with Crippen LogP contribution in [0.2, 0.25) is 0 Å². The SMILES string of the molecule is CN/C(=C(/C)N=N)c1cc(F)c([N+](=O)[O-])c(F)c1. The zero-order valence-electron chi connectivity index (χ0n) is 9.62. The number of nitro benzene ring substituents is 1. The van der Waals surface area contributed by atoms with Gasteiger partial charge in [-0.15, -0.1) is 0 Å². The summed E-state index contributed by atoms with van der Waals surface area (Å²) in [6.45, 7) is 1.47. The highest BCUT2D eigenvalue weighted by atomic mass is 19.1. The van der Waals surface area contributed by atoms with E-state index in [0.29, 0.717) is 0 Å². The number of rotatable bonds is 4. The standard InChI is InChI=1S/C10H10F2N4O2/c1-5(15-13)9(14-2)6-3-7(11)10(16(17)18)8(12)4-6/h3-4,13-14H,1-2H3/b9-5-,15-13?. The second kappa shape index (κ2) is 5.30. The lowest BCUT2D eigenvalue weighted by atomic mass is 10.1. The fourth-order valence-corrected chi connectivity index (χ4v) is 1.47. The van der Waals surface area contributed by atoms with Crippen molar-refractivity contribution >= 4 is 11.4 Å². The highest BCUT2D eigenvalue weighted by molar-refractivity contribution is 5.67. The van der Waals surface area contributed by atoms with Crippen molar-refractivity contribution in [2.75, 3.05) is 7.05 Å². The van der Waals surface area contributed by atoms with E-state index in [1.165, 1.54) is 14.0 Å². The van der Waals surface area contributed by atoms with Gasteiger partial charge in [-0.25, -0.2) is 5.53 Å². The largest absolute Gasteiger partial charge is 0.386 e. The summed E-state index contributed by atoms with van der Waals surface area (Å²) in [5, 5.41) is 16.2. The van der Waals surface area contributed by atoms with Crippen LogP contribution in [0.4, 0.5) is 14.5 Å². The number of hydrogen-bond donors (Lipinski definition) is 2. The zero-order chi connectivity index (χ0) is 13.9. The Labute approximate surface area is 101 Å². The van der Waals surface area contributed by atoms with Gasteiger partial charge in [0.1, 0.15) is 0 Å². The minimum Gasteiger partial charge on any atom is -0.386 e. The molecule has 2 N–H and O–H groups in total. The lowest BCUT2D eigenvalue weighted by molar-refractivity contribution is -0.390. The molecule has 0 unspecified atom stereocenters. The molecule has 1 rings (SSSR count). The summed E-state index contributed by atoms with van der Waals surface area (Å²) < 4.78 is 26.8. The van der Waals surface area contributed by atoms with Gasteiger partial charge in [-0.2, -0.15) is 13.9 Å². The normalized spacial score (nSPS) is 11.8. The third kappa shape index (κ3) is 2.47. The molecule has 8 heteroatoms. The lowest BCUT2D eigenvalue weighted by Gasteiger charge is -2.09. The van der Waals surface area contributed by atoms with Gasteiger partial charge < -0.3 is 5.32 Å². The van der Waals surface area contributed by atoms with Gasteiger partial charge in [0.15, 0.2) is 0 Å². The van der Waals surface area contributed by atoms with Crippen molar-refractivity contribution in [1.29, 1.82) is 5.53 Å². The zero-order valence-corrected chi connectivity index (χ0v) is 9.62. The van der Waals surface area contributed by atoms with E-state index >= 15 is 0 Å². The fourth-order valence-electron chi connectivity index (χ4n) is 1.47. The topological polar surface area (TPSA) is 91.4 Å². The summed E-state index contributed by atoms with van der Waals surface area (Å²) in [7, 11) is 1.49. The smallest absolute Gasteiger partial charge is 0.340 e. The Bertz CT molecular complexity index is 520. The van der Waals surface area contributed by atoms with Crippen LogP contribution in [0, 0.1) is 27.3 Å². The average Bonchev–Trinajstić information content (AvgIpc) is 2.28. The Kier molecular flexibility index (Phi) is 4.03. The van der Waals surface area contributed by atoms with Crippen molar-refractivity contribution < 1.29 is 13.7 Å². The molecule has 0 aliphatic rings. The van der Waals surface area contributed by atoms with Crippen molar-refractivity contribution in [3.63, 3.8) is 0 Å². The number of nitrogens with one attached hydrogen (secondary N) is 2. The van der Waals surface area contributed by atoms with Crippen LogP contribution in [-0.4, -0.2) is 12.0 Å². The molecular formula is C10H10F2N4O2. The maximum absolute atomic E-state index is 13.4. The molecule has 6 nitrogen and oxygen atoms in total. The summed E-state index contributed by atoms with van der Waals surface area (Å²) in [5.41, 5.74) is 6.11. The molecule has 18 heavy (non-hydrogen) atoms. The second-order valence-corrected chi connectivity index (χ2v) is 3.37. The molecule has 0 spiro atoms. The molecular weight excluding hydrogens is 246 g/mol. The van der Waals surface area contributed by atoms with E-state index in [0.717, 1.165) is 12.1 Å². The van der Waals surface area contributed by atoms with Gasteiger partial charge in [0.05, 0.1) is 16.3 Å². The van der Waals surface area contributed by atoms with E-state index in [1.807, 2.05) is 0 Å². The first-order valence-electron chi connectivity index (χ1n) is 4.82. The van der Waals surface area contributed by atoms with Crippen LogP contribution in [-0.2, 0) is 0 Å². The van der Waals surface area contributed by atoms with Crippen molar-refractivity contribution in [1.82, 2.24) is 5.32 Å². The Hall–Kier alpha value is -2.38. The molecule has 0 bridgehead atoms. The Balaban J connectivity index is 3.47. The van der Waals surface area contributed by atoms with Gasteiger partial charge in [0, 0.05) is 12.6 Å². The number of hydrogen-bond acceptors (Lipinski definition) is 5. The van der Waals surface area contributed by atoms with Crippen LogP contribution in [0.1, 0.15) is 12.5 Å². The molecule has 1 aromatic carbocycles. The summed E-state index contributed by atoms with van der Waals surface area (Å²) in [6.07, 6.45) is 0. The Morgan fingerprint density at radius 3 is 2.28 bits per heavy atom. The van der Waals surface area contributed by atoms with E-state index in [2.05, 4.69) is 10.4 Å². The number of benzene rings is 1. The number of halogens is 2. The predicted molar refractivity (Wildman–Crippen MR) is 59.8 cm³/mol. The van der Waals surface area contributed by atoms with Crippen LogP contribution in [0.3, 0.4) is 0 Å². The average molecular weight is 256 g/mol. The molecule has 0 aliphatic carbocycles. The molecule has 0 atom stereocenters. The first-order valence-corrected chi connectivity index (χ1v) is 4.82. The van der Waals surface area contributed by atoms with E-state index in [1.54, 1.807) is 0 Å². The first kappa shape index (κ1) is 13.7. The first-order chi connectivity index (χ1) is 8.42. The molecule has 0 heterocycles. The third-order valence-electron chi connectivity index (χ3n) is 2.27. The minimum absolute atomic E-state index is 0.0478. The van der Waals surface area contributed by atoms with Gasteiger partial charge in [-0.05, 0) is 19.1 Å². The van der Waals surface area contributed by atoms with E-state index < -0.39 is 22.2 Å². The summed E-state index contributed by atoms with van der Waals surface area (Å²) in [4.78, 5) is 9.31. The van der Waals surface area contributed by atoms with Crippen LogP contribution in [0.5, 0.6) is 0 Å². The molecule has 0 amide bonds. The van der Waals surface area contributed by atoms with Crippen LogP contribution < -0.4 is 5.32 Å². The highest BCUT2D eigenvalue weighted by Gasteiger charge is 2.23. The number of nitrogens with zero attached hydrogens (tertiary/aromatic N) is 2. The quantitative estimate of drug-likeness (QED) is 0.493. The molecule has 0 aliphatic heterocycles. The van der Waals surface area contributed by atoms with Crippen LogP contribution in [0.15, 0.2) is 22.9 Å². The maximum atomic E-state index is 13.4. The maximum Gasteiger partial charge on any atom is 0.340 e. The molecule has 1 aromatic rings. The molecule has 0 fully saturated rings. The third-order valence-corrected chi connectivity index (χ3v) is 2.27. The van der Waals surface area contributed by atoms with Crippen molar-refractivity contribution in [2.24, 2.45) is 5.11 Å². The van der Waals surface area contributed by atoms with Gasteiger partial charge in [0.25, 0.3) is 0 Å². The molecule has 0 aromatic heterocycles. The summed E-state index contributed by atoms with van der Waals surface area (Å²) in [5.74, 6) is -2.55. The highest BCUT2D eigenvalue weighted by Crippen LogP contribution is 2.26. The van der Waals surface area contributed by atoms with Gasteiger partial charge >= 0.3 is 5.69 Å². The van der Waals surface area contributed by atoms with Crippen LogP contribution >= 0.6 is 0 Å². The summed E-state index contributed by atoms with van der Waals surface area (Å²) in [6, 6.07) is 1.64. The molecule has 0 saturated heterocycles. The Morgan fingerprint density at radius 2 is 1.94 bits per heavy atom. The van der Waals surface area contributed by atoms with Crippen molar-refractivity contribution in [2.45, 2.75) is 6.92 Å². The van der Waals surface area contributed by atoms with Crippen molar-refractivity contribution in [3.05, 3.63) is 45.1 Å². The van der Waals surface area contributed by atoms with E-state index in [4.69, 9.17) is 5.53 Å². The monoisotopic (exact) mass is 256 g/mol. The molecule has 96 valence electrons. The van der Waals surface area contributed by atoms with Gasteiger partial charge in [-0.1, -0.05) is 0 Å². The van der Waals surface area contributed by atoms with E-state index in [-0.39, 0.29) is 17.0 Å². The van der Waals surface area contributed by atoms with Crippen molar-refractivity contribution in [3.8, 4) is 0 Å². The summed E-state index contributed by atoms with van der Waals surface area (Å²) >= 11 is 0. The molecule has 0 radical (unpaired) electrons. The minimum atomic E-state index is -1.28. The number of nitro groups is 1. The fraction of sp³-hybridized carbons (Fsp3) is 0.200. The van der Waals surface area contributed by atoms with Gasteiger partial charge in [0.2, 0.25) is 11.6 Å². The second-order valence-electron chi connectivity index (χ2n) is 3.37. The molecule has 0 saturated carbocycles. The predicted octanol–water partition coefficient (Wildman–Crippen LogP) is 2.81. The Morgan fingerprint density at radius 1 is 1.44 bits per heavy atom. The lowest BCUT2D eigenvalue weighted by Crippen LogP contribution is -2.08.